The average Bonchev–Trinajstić information content (AvgIpc) is 2.58. The van der Waals surface area contributed by atoms with Crippen molar-refractivity contribution in [2.45, 2.75) is 25.7 Å². The molecule has 3 heteroatoms. The third-order valence-corrected chi connectivity index (χ3v) is 3.28. The lowest BCUT2D eigenvalue weighted by molar-refractivity contribution is 0.302. The Morgan fingerprint density at radius 2 is 2.00 bits per heavy atom. The molecule has 2 heterocycles. The van der Waals surface area contributed by atoms with Gasteiger partial charge in [-0.15, -0.1) is 11.3 Å². The molecule has 1 aliphatic heterocycles. The van der Waals surface area contributed by atoms with Crippen LogP contribution in [-0.4, -0.2) is 24.3 Å². The predicted molar refractivity (Wildman–Crippen MR) is 62.0 cm³/mol. The number of hydrogen-bond acceptors (Lipinski definition) is 3. The molecule has 1 aromatic heterocycles. The van der Waals surface area contributed by atoms with Crippen LogP contribution in [-0.2, 0) is 0 Å². The Balaban J connectivity index is 1.89. The predicted octanol–water partition coefficient (Wildman–Crippen LogP) is 2.96. The number of thiophene rings is 1. The molecule has 0 spiro atoms. The maximum Gasteiger partial charge on any atom is 0.0642 e. The normalized spacial score (nSPS) is 18.7. The Morgan fingerprint density at radius 1 is 1.21 bits per heavy atom. The SMILES string of the molecule is C(=NN1CCCCCC1)c1cccs1. The summed E-state index contributed by atoms with van der Waals surface area (Å²) in [5.74, 6) is 0. The molecule has 2 nitrogen and oxygen atoms in total. The molecule has 76 valence electrons. The smallest absolute Gasteiger partial charge is 0.0642 e. The van der Waals surface area contributed by atoms with E-state index in [0.29, 0.717) is 0 Å². The minimum absolute atomic E-state index is 1.13. The minimum Gasteiger partial charge on any atom is -0.297 e. The highest BCUT2D eigenvalue weighted by Crippen LogP contribution is 2.10. The first-order valence-corrected chi connectivity index (χ1v) is 6.15. The van der Waals surface area contributed by atoms with Crippen molar-refractivity contribution in [3.8, 4) is 0 Å². The summed E-state index contributed by atoms with van der Waals surface area (Å²) in [6, 6.07) is 4.17. The monoisotopic (exact) mass is 208 g/mol. The Morgan fingerprint density at radius 3 is 2.64 bits per heavy atom. The van der Waals surface area contributed by atoms with Gasteiger partial charge in [0.05, 0.1) is 6.21 Å². The summed E-state index contributed by atoms with van der Waals surface area (Å²) in [5.41, 5.74) is 0. The minimum atomic E-state index is 1.13. The van der Waals surface area contributed by atoms with E-state index < -0.39 is 0 Å². The van der Waals surface area contributed by atoms with Crippen LogP contribution in [0.25, 0.3) is 0 Å². The largest absolute Gasteiger partial charge is 0.297 e. The molecular formula is C11H16N2S. The lowest BCUT2D eigenvalue weighted by Crippen LogP contribution is -2.18. The molecule has 0 aromatic carbocycles. The van der Waals surface area contributed by atoms with Gasteiger partial charge in [0.1, 0.15) is 0 Å². The van der Waals surface area contributed by atoms with E-state index >= 15 is 0 Å². The second kappa shape index (κ2) is 5.15. The van der Waals surface area contributed by atoms with Crippen LogP contribution in [0.1, 0.15) is 30.6 Å². The summed E-state index contributed by atoms with van der Waals surface area (Å²) >= 11 is 1.74. The summed E-state index contributed by atoms with van der Waals surface area (Å²) in [4.78, 5) is 1.24. The molecule has 1 aromatic rings. The highest BCUT2D eigenvalue weighted by atomic mass is 32.1. The Kier molecular flexibility index (Phi) is 3.57. The molecule has 0 bridgehead atoms. The Bertz CT molecular complexity index is 271. The molecule has 1 saturated heterocycles. The van der Waals surface area contributed by atoms with Crippen molar-refractivity contribution in [3.05, 3.63) is 22.4 Å². The van der Waals surface area contributed by atoms with Crippen LogP contribution in [0.5, 0.6) is 0 Å². The molecule has 0 radical (unpaired) electrons. The van der Waals surface area contributed by atoms with E-state index in [-0.39, 0.29) is 0 Å². The highest BCUT2D eigenvalue weighted by Gasteiger charge is 2.04. The first-order chi connectivity index (χ1) is 6.95. The zero-order chi connectivity index (χ0) is 9.64. The number of rotatable bonds is 2. The van der Waals surface area contributed by atoms with Gasteiger partial charge in [0, 0.05) is 18.0 Å². The van der Waals surface area contributed by atoms with Gasteiger partial charge in [-0.05, 0) is 24.3 Å². The van der Waals surface area contributed by atoms with Gasteiger partial charge in [0.2, 0.25) is 0 Å². The molecule has 0 saturated carbocycles. The van der Waals surface area contributed by atoms with E-state index in [4.69, 9.17) is 0 Å². The topological polar surface area (TPSA) is 15.6 Å². The highest BCUT2D eigenvalue weighted by molar-refractivity contribution is 7.11. The zero-order valence-electron chi connectivity index (χ0n) is 8.35. The van der Waals surface area contributed by atoms with Crippen LogP contribution in [0.2, 0.25) is 0 Å². The quantitative estimate of drug-likeness (QED) is 0.682. The van der Waals surface area contributed by atoms with Crippen LogP contribution >= 0.6 is 11.3 Å². The van der Waals surface area contributed by atoms with Gasteiger partial charge in [0.15, 0.2) is 0 Å². The van der Waals surface area contributed by atoms with Crippen molar-refractivity contribution in [1.82, 2.24) is 5.01 Å². The Hall–Kier alpha value is -0.830. The maximum atomic E-state index is 4.50. The molecule has 0 amide bonds. The van der Waals surface area contributed by atoms with Gasteiger partial charge in [0.25, 0.3) is 0 Å². The molecule has 1 aliphatic rings. The third-order valence-electron chi connectivity index (χ3n) is 2.47. The van der Waals surface area contributed by atoms with Crippen molar-refractivity contribution in [2.24, 2.45) is 5.10 Å². The first kappa shape index (κ1) is 9.71. The summed E-state index contributed by atoms with van der Waals surface area (Å²) in [6.07, 6.45) is 7.30. The van der Waals surface area contributed by atoms with Gasteiger partial charge in [-0.1, -0.05) is 18.9 Å². The fraction of sp³-hybridized carbons (Fsp3) is 0.545. The number of hydrogen-bond donors (Lipinski definition) is 0. The van der Waals surface area contributed by atoms with Gasteiger partial charge in [-0.25, -0.2) is 0 Å². The van der Waals surface area contributed by atoms with E-state index in [1.54, 1.807) is 11.3 Å². The zero-order valence-corrected chi connectivity index (χ0v) is 9.17. The van der Waals surface area contributed by atoms with Crippen molar-refractivity contribution in [3.63, 3.8) is 0 Å². The second-order valence-corrected chi connectivity index (χ2v) is 4.61. The van der Waals surface area contributed by atoms with Crippen LogP contribution in [0.3, 0.4) is 0 Å². The standard InChI is InChI=1S/C11H16N2S/c1-2-4-8-13(7-3-1)12-10-11-6-5-9-14-11/h5-6,9-10H,1-4,7-8H2. The maximum absolute atomic E-state index is 4.50. The van der Waals surface area contributed by atoms with Gasteiger partial charge in [-0.2, -0.15) is 5.10 Å². The van der Waals surface area contributed by atoms with Gasteiger partial charge in [-0.3, -0.25) is 5.01 Å². The van der Waals surface area contributed by atoms with E-state index in [0.717, 1.165) is 13.1 Å². The van der Waals surface area contributed by atoms with Crippen molar-refractivity contribution >= 4 is 17.6 Å². The van der Waals surface area contributed by atoms with Crippen molar-refractivity contribution in [1.29, 1.82) is 0 Å². The number of nitrogens with zero attached hydrogens (tertiary/aromatic N) is 2. The van der Waals surface area contributed by atoms with Crippen molar-refractivity contribution in [2.75, 3.05) is 13.1 Å². The van der Waals surface area contributed by atoms with E-state index in [2.05, 4.69) is 27.6 Å². The van der Waals surface area contributed by atoms with Crippen LogP contribution in [0, 0.1) is 0 Å². The van der Waals surface area contributed by atoms with Crippen LogP contribution in [0.4, 0.5) is 0 Å². The van der Waals surface area contributed by atoms with Gasteiger partial charge < -0.3 is 0 Å². The van der Waals surface area contributed by atoms with E-state index in [1.807, 2.05) is 6.21 Å². The lowest BCUT2D eigenvalue weighted by atomic mass is 10.2. The second-order valence-electron chi connectivity index (χ2n) is 3.63. The Labute approximate surface area is 89.2 Å². The molecule has 0 aliphatic carbocycles. The lowest BCUT2D eigenvalue weighted by Gasteiger charge is -2.14. The van der Waals surface area contributed by atoms with Gasteiger partial charge >= 0.3 is 0 Å². The molecule has 14 heavy (non-hydrogen) atoms. The van der Waals surface area contributed by atoms with E-state index in [1.165, 1.54) is 30.6 Å². The third kappa shape index (κ3) is 2.84. The number of hydrazone groups is 1. The fourth-order valence-corrected chi connectivity index (χ4v) is 2.25. The summed E-state index contributed by atoms with van der Waals surface area (Å²) in [5, 5.41) is 8.79. The molecule has 0 N–H and O–H groups in total. The first-order valence-electron chi connectivity index (χ1n) is 5.27. The van der Waals surface area contributed by atoms with Crippen LogP contribution in [0.15, 0.2) is 22.6 Å². The molecule has 0 unspecified atom stereocenters. The summed E-state index contributed by atoms with van der Waals surface area (Å²) < 4.78 is 0. The summed E-state index contributed by atoms with van der Waals surface area (Å²) in [7, 11) is 0. The summed E-state index contributed by atoms with van der Waals surface area (Å²) in [6.45, 7) is 2.25. The molecule has 2 rings (SSSR count). The fourth-order valence-electron chi connectivity index (χ4n) is 1.67. The van der Waals surface area contributed by atoms with Crippen LogP contribution < -0.4 is 0 Å². The molecule has 0 atom stereocenters. The molecular weight excluding hydrogens is 192 g/mol. The van der Waals surface area contributed by atoms with Crippen molar-refractivity contribution < 1.29 is 0 Å². The van der Waals surface area contributed by atoms with E-state index in [9.17, 15) is 0 Å². The average molecular weight is 208 g/mol. The molecule has 1 fully saturated rings.